The molecule has 1 aromatic rings. The zero-order valence-corrected chi connectivity index (χ0v) is 20.8. The van der Waals surface area contributed by atoms with E-state index < -0.39 is 41.0 Å². The van der Waals surface area contributed by atoms with Crippen LogP contribution in [-0.4, -0.2) is 84.9 Å². The molecule has 2 amide bonds. The van der Waals surface area contributed by atoms with Gasteiger partial charge < -0.3 is 24.6 Å². The van der Waals surface area contributed by atoms with E-state index in [1.807, 2.05) is 0 Å². The fraction of sp³-hybridized carbons (Fsp3) is 0.619. The standard InChI is InChI=1S/C21H29N5O8S/c1-12(28)33-10-13-11-35-18-15(22-20(31)34-21(2,3)4)17(29)26(18)16(13)19(30)32-7-5-6-25-8-14(9-27)23-24-25/h8,15,18,27H,5-7,9-11H2,1-4H3,(H,22,31). The van der Waals surface area contributed by atoms with Crippen LogP contribution in [0, 0.1) is 0 Å². The average molecular weight is 512 g/mol. The summed E-state index contributed by atoms with van der Waals surface area (Å²) in [6.07, 6.45) is 1.27. The van der Waals surface area contributed by atoms with Gasteiger partial charge in [0.05, 0.1) is 19.4 Å². The van der Waals surface area contributed by atoms with Gasteiger partial charge in [-0.05, 0) is 20.8 Å². The lowest BCUT2D eigenvalue weighted by molar-refractivity contribution is -0.152. The molecule has 1 fully saturated rings. The Morgan fingerprint density at radius 3 is 2.66 bits per heavy atom. The summed E-state index contributed by atoms with van der Waals surface area (Å²) in [5, 5.41) is 18.7. The molecule has 0 aromatic carbocycles. The second-order valence-electron chi connectivity index (χ2n) is 8.89. The van der Waals surface area contributed by atoms with Crippen molar-refractivity contribution in [2.45, 2.75) is 64.3 Å². The van der Waals surface area contributed by atoms with Crippen LogP contribution in [0.2, 0.25) is 0 Å². The molecule has 2 N–H and O–H groups in total. The molecular formula is C21H29N5O8S. The number of amides is 2. The van der Waals surface area contributed by atoms with E-state index in [-0.39, 0.29) is 25.5 Å². The summed E-state index contributed by atoms with van der Waals surface area (Å²) in [4.78, 5) is 50.6. The van der Waals surface area contributed by atoms with Crippen molar-refractivity contribution in [1.29, 1.82) is 0 Å². The van der Waals surface area contributed by atoms with E-state index >= 15 is 0 Å². The van der Waals surface area contributed by atoms with Crippen molar-refractivity contribution >= 4 is 35.7 Å². The summed E-state index contributed by atoms with van der Waals surface area (Å²) >= 11 is 1.33. The molecule has 13 nitrogen and oxygen atoms in total. The summed E-state index contributed by atoms with van der Waals surface area (Å²) in [5.74, 6) is -1.43. The van der Waals surface area contributed by atoms with Crippen molar-refractivity contribution < 1.29 is 38.5 Å². The van der Waals surface area contributed by atoms with Crippen LogP contribution in [0.5, 0.6) is 0 Å². The Morgan fingerprint density at radius 1 is 1.29 bits per heavy atom. The number of thioether (sulfide) groups is 1. The quantitative estimate of drug-likeness (QED) is 0.203. The summed E-state index contributed by atoms with van der Waals surface area (Å²) in [7, 11) is 0. The van der Waals surface area contributed by atoms with E-state index in [0.717, 1.165) is 0 Å². The molecule has 0 aliphatic carbocycles. The van der Waals surface area contributed by atoms with Crippen LogP contribution in [0.3, 0.4) is 0 Å². The van der Waals surface area contributed by atoms with Gasteiger partial charge in [0.15, 0.2) is 0 Å². The number of hydrogen-bond acceptors (Lipinski definition) is 11. The number of aryl methyl sites for hydroxylation is 1. The van der Waals surface area contributed by atoms with Crippen LogP contribution >= 0.6 is 11.8 Å². The largest absolute Gasteiger partial charge is 0.461 e. The lowest BCUT2D eigenvalue weighted by Gasteiger charge is -2.49. The van der Waals surface area contributed by atoms with Crippen LogP contribution in [0.4, 0.5) is 4.79 Å². The molecule has 1 aromatic heterocycles. The first-order valence-electron chi connectivity index (χ1n) is 11.0. The molecule has 2 aliphatic heterocycles. The maximum absolute atomic E-state index is 13.0. The number of aromatic nitrogens is 3. The summed E-state index contributed by atoms with van der Waals surface area (Å²) in [6, 6.07) is -0.860. The third-order valence-corrected chi connectivity index (χ3v) is 6.21. The number of nitrogens with one attached hydrogen (secondary N) is 1. The van der Waals surface area contributed by atoms with E-state index in [1.165, 1.54) is 28.3 Å². The number of nitrogens with zero attached hydrogens (tertiary/aromatic N) is 4. The average Bonchev–Trinajstić information content (AvgIpc) is 3.24. The van der Waals surface area contributed by atoms with Crippen LogP contribution in [0.15, 0.2) is 17.5 Å². The summed E-state index contributed by atoms with van der Waals surface area (Å²) in [6.45, 7) is 6.45. The molecule has 0 radical (unpaired) electrons. The van der Waals surface area contributed by atoms with Crippen molar-refractivity contribution in [3.05, 3.63) is 23.2 Å². The maximum Gasteiger partial charge on any atom is 0.408 e. The van der Waals surface area contributed by atoms with Gasteiger partial charge in [0.2, 0.25) is 0 Å². The van der Waals surface area contributed by atoms with Gasteiger partial charge >= 0.3 is 18.0 Å². The van der Waals surface area contributed by atoms with E-state index in [2.05, 4.69) is 15.6 Å². The van der Waals surface area contributed by atoms with Gasteiger partial charge in [-0.3, -0.25) is 19.2 Å². The first-order chi connectivity index (χ1) is 16.5. The number of carbonyl (C=O) groups is 4. The summed E-state index contributed by atoms with van der Waals surface area (Å²) < 4.78 is 17.2. The molecule has 0 bridgehead atoms. The minimum Gasteiger partial charge on any atom is -0.461 e. The van der Waals surface area contributed by atoms with Gasteiger partial charge in [0.25, 0.3) is 5.91 Å². The SMILES string of the molecule is CC(=O)OCC1=C(C(=O)OCCCn2cc(CO)nn2)N2C(=O)C(NC(=O)OC(C)(C)C)C2SC1. The van der Waals surface area contributed by atoms with Crippen molar-refractivity contribution in [2.75, 3.05) is 19.0 Å². The van der Waals surface area contributed by atoms with Crippen molar-refractivity contribution in [1.82, 2.24) is 25.2 Å². The fourth-order valence-corrected chi connectivity index (χ4v) is 4.71. The molecule has 0 spiro atoms. The van der Waals surface area contributed by atoms with Crippen molar-refractivity contribution in [3.8, 4) is 0 Å². The Morgan fingerprint density at radius 2 is 2.03 bits per heavy atom. The molecule has 2 unspecified atom stereocenters. The number of esters is 2. The third-order valence-electron chi connectivity index (χ3n) is 4.88. The number of alkyl carbamates (subject to hydrolysis) is 1. The summed E-state index contributed by atoms with van der Waals surface area (Å²) in [5.41, 5.74) is 0.164. The number of β-lactam (4-membered cyclic amide) rings is 1. The minimum atomic E-state index is -0.860. The topological polar surface area (TPSA) is 162 Å². The number of aliphatic hydroxyl groups excluding tert-OH is 1. The number of ether oxygens (including phenoxy) is 3. The number of carbonyl (C=O) groups excluding carboxylic acids is 4. The number of hydrogen-bond donors (Lipinski definition) is 2. The molecule has 2 aliphatic rings. The Kier molecular flexibility index (Phi) is 8.38. The van der Waals surface area contributed by atoms with E-state index in [0.29, 0.717) is 30.0 Å². The van der Waals surface area contributed by atoms with E-state index in [1.54, 1.807) is 27.0 Å². The van der Waals surface area contributed by atoms with Crippen LogP contribution in [-0.2, 0) is 41.7 Å². The first kappa shape index (κ1) is 26.5. The molecule has 3 heterocycles. The third kappa shape index (κ3) is 6.72. The molecule has 2 atom stereocenters. The van der Waals surface area contributed by atoms with Crippen molar-refractivity contribution in [3.63, 3.8) is 0 Å². The van der Waals surface area contributed by atoms with Gasteiger partial charge in [0, 0.05) is 31.2 Å². The molecule has 192 valence electrons. The Bertz CT molecular complexity index is 1020. The monoisotopic (exact) mass is 511 g/mol. The number of aliphatic hydroxyl groups is 1. The Balaban J connectivity index is 1.65. The van der Waals surface area contributed by atoms with Gasteiger partial charge in [-0.15, -0.1) is 16.9 Å². The van der Waals surface area contributed by atoms with Gasteiger partial charge in [-0.25, -0.2) is 9.59 Å². The van der Waals surface area contributed by atoms with Gasteiger partial charge in [-0.2, -0.15) is 0 Å². The molecule has 1 saturated heterocycles. The number of rotatable bonds is 9. The highest BCUT2D eigenvalue weighted by Gasteiger charge is 2.54. The molecule has 14 heteroatoms. The van der Waals surface area contributed by atoms with Gasteiger partial charge in [-0.1, -0.05) is 5.21 Å². The highest BCUT2D eigenvalue weighted by Crippen LogP contribution is 2.40. The zero-order chi connectivity index (χ0) is 25.8. The smallest absolute Gasteiger partial charge is 0.408 e. The normalized spacial score (nSPS) is 19.6. The number of fused-ring (bicyclic) bond motifs is 1. The van der Waals surface area contributed by atoms with E-state index in [4.69, 9.17) is 19.3 Å². The second kappa shape index (κ2) is 11.1. The van der Waals surface area contributed by atoms with E-state index in [9.17, 15) is 19.2 Å². The van der Waals surface area contributed by atoms with Crippen LogP contribution < -0.4 is 5.32 Å². The van der Waals surface area contributed by atoms with Crippen molar-refractivity contribution in [2.24, 2.45) is 0 Å². The predicted octanol–water partition coefficient (Wildman–Crippen LogP) is 0.329. The predicted molar refractivity (Wildman–Crippen MR) is 121 cm³/mol. The maximum atomic E-state index is 13.0. The second-order valence-corrected chi connectivity index (χ2v) is 9.99. The Labute approximate surface area is 206 Å². The zero-order valence-electron chi connectivity index (χ0n) is 20.0. The highest BCUT2D eigenvalue weighted by atomic mass is 32.2. The lowest BCUT2D eigenvalue weighted by Crippen LogP contribution is -2.70. The van der Waals surface area contributed by atoms with Crippen LogP contribution in [0.1, 0.15) is 39.8 Å². The van der Waals surface area contributed by atoms with Gasteiger partial charge in [0.1, 0.15) is 35.0 Å². The highest BCUT2D eigenvalue weighted by molar-refractivity contribution is 8.00. The minimum absolute atomic E-state index is 0.0190. The fourth-order valence-electron chi connectivity index (χ4n) is 3.39. The molecule has 0 saturated carbocycles. The first-order valence-corrected chi connectivity index (χ1v) is 12.0. The van der Waals surface area contributed by atoms with Crippen LogP contribution in [0.25, 0.3) is 0 Å². The Hall–Kier alpha value is -3.13. The lowest BCUT2D eigenvalue weighted by atomic mass is 10.0. The molecule has 3 rings (SSSR count). The molecule has 35 heavy (non-hydrogen) atoms. The molecular weight excluding hydrogens is 482 g/mol.